The Balaban J connectivity index is 2.36. The van der Waals surface area contributed by atoms with Crippen LogP contribution >= 0.6 is 0 Å². The molecule has 78 valence electrons. The standard InChI is InChI=1S/C13H14O2/c1-2-13(14)9-6-10-15-12(13)11-7-4-3-5-8-11/h2-9,12,14H,1,10H2/t12-,13-/m0/s1. The van der Waals surface area contributed by atoms with E-state index in [0.29, 0.717) is 6.61 Å². The minimum absolute atomic E-state index is 0.360. The molecule has 15 heavy (non-hydrogen) atoms. The maximum absolute atomic E-state index is 10.3. The van der Waals surface area contributed by atoms with Crippen LogP contribution in [0.5, 0.6) is 0 Å². The number of ether oxygens (including phenoxy) is 1. The molecule has 0 bridgehead atoms. The molecule has 1 aliphatic rings. The van der Waals surface area contributed by atoms with Gasteiger partial charge >= 0.3 is 0 Å². The van der Waals surface area contributed by atoms with Crippen LogP contribution in [0.15, 0.2) is 55.1 Å². The summed E-state index contributed by atoms with van der Waals surface area (Å²) in [5.41, 5.74) is -0.135. The molecule has 0 unspecified atom stereocenters. The molecule has 0 fully saturated rings. The molecule has 1 aliphatic heterocycles. The maximum atomic E-state index is 10.3. The molecule has 0 saturated heterocycles. The summed E-state index contributed by atoms with van der Waals surface area (Å²) in [6.45, 7) is 4.17. The minimum atomic E-state index is -1.10. The van der Waals surface area contributed by atoms with Crippen molar-refractivity contribution < 1.29 is 9.84 Å². The molecule has 2 atom stereocenters. The highest BCUT2D eigenvalue weighted by Crippen LogP contribution is 2.34. The Bertz CT molecular complexity index is 369. The van der Waals surface area contributed by atoms with Gasteiger partial charge in [-0.15, -0.1) is 0 Å². The highest BCUT2D eigenvalue weighted by Gasteiger charge is 2.35. The zero-order valence-corrected chi connectivity index (χ0v) is 8.47. The molecule has 2 rings (SSSR count). The monoisotopic (exact) mass is 202 g/mol. The fraction of sp³-hybridized carbons (Fsp3) is 0.231. The van der Waals surface area contributed by atoms with E-state index < -0.39 is 5.60 Å². The zero-order valence-electron chi connectivity index (χ0n) is 8.47. The fourth-order valence-electron chi connectivity index (χ4n) is 1.78. The van der Waals surface area contributed by atoms with Crippen LogP contribution in [0.25, 0.3) is 0 Å². The predicted molar refractivity (Wildman–Crippen MR) is 59.4 cm³/mol. The van der Waals surface area contributed by atoms with Crippen LogP contribution < -0.4 is 0 Å². The van der Waals surface area contributed by atoms with Crippen molar-refractivity contribution in [3.05, 3.63) is 60.7 Å². The first kappa shape index (κ1) is 10.1. The lowest BCUT2D eigenvalue weighted by Crippen LogP contribution is -2.36. The molecular formula is C13H14O2. The highest BCUT2D eigenvalue weighted by molar-refractivity contribution is 5.28. The minimum Gasteiger partial charge on any atom is -0.379 e. The second kappa shape index (κ2) is 4.01. The van der Waals surface area contributed by atoms with Gasteiger partial charge in [0.15, 0.2) is 0 Å². The molecule has 2 heteroatoms. The van der Waals surface area contributed by atoms with Gasteiger partial charge in [-0.2, -0.15) is 0 Å². The number of benzene rings is 1. The maximum Gasteiger partial charge on any atom is 0.131 e. The first-order valence-electron chi connectivity index (χ1n) is 4.96. The fourth-order valence-corrected chi connectivity index (χ4v) is 1.78. The SMILES string of the molecule is C=C[C@]1(O)C=CCO[C@H]1c1ccccc1. The molecule has 0 saturated carbocycles. The third-order valence-electron chi connectivity index (χ3n) is 2.59. The molecule has 2 nitrogen and oxygen atoms in total. The van der Waals surface area contributed by atoms with Gasteiger partial charge in [0.25, 0.3) is 0 Å². The van der Waals surface area contributed by atoms with Crippen molar-refractivity contribution in [3.8, 4) is 0 Å². The summed E-state index contributed by atoms with van der Waals surface area (Å²) in [6, 6.07) is 9.69. The molecule has 1 heterocycles. The van der Waals surface area contributed by atoms with Gasteiger partial charge in [0.1, 0.15) is 11.7 Å². The van der Waals surface area contributed by atoms with Crippen molar-refractivity contribution in [3.63, 3.8) is 0 Å². The van der Waals surface area contributed by atoms with Crippen LogP contribution in [0.1, 0.15) is 11.7 Å². The Kier molecular flexibility index (Phi) is 2.71. The van der Waals surface area contributed by atoms with Gasteiger partial charge in [0.05, 0.1) is 6.61 Å². The van der Waals surface area contributed by atoms with Gasteiger partial charge in [0, 0.05) is 0 Å². The third-order valence-corrected chi connectivity index (χ3v) is 2.59. The van der Waals surface area contributed by atoms with Gasteiger partial charge in [-0.25, -0.2) is 0 Å². The Hall–Kier alpha value is -1.38. The average Bonchev–Trinajstić information content (AvgIpc) is 2.31. The lowest BCUT2D eigenvalue weighted by atomic mass is 9.89. The smallest absolute Gasteiger partial charge is 0.131 e. The number of aliphatic hydroxyl groups is 1. The van der Waals surface area contributed by atoms with E-state index in [2.05, 4.69) is 6.58 Å². The van der Waals surface area contributed by atoms with E-state index in [-0.39, 0.29) is 6.10 Å². The van der Waals surface area contributed by atoms with Crippen LogP contribution in [-0.2, 0) is 4.74 Å². The zero-order chi connectivity index (χ0) is 10.7. The Morgan fingerprint density at radius 3 is 2.80 bits per heavy atom. The molecular weight excluding hydrogens is 188 g/mol. The molecule has 1 aromatic carbocycles. The van der Waals surface area contributed by atoms with Crippen molar-refractivity contribution in [2.75, 3.05) is 6.61 Å². The molecule has 0 aliphatic carbocycles. The number of rotatable bonds is 2. The van der Waals surface area contributed by atoms with Gasteiger partial charge in [-0.1, -0.05) is 49.1 Å². The Morgan fingerprint density at radius 2 is 2.13 bits per heavy atom. The summed E-state index contributed by atoms with van der Waals surface area (Å²) in [5.74, 6) is 0. The van der Waals surface area contributed by atoms with Gasteiger partial charge in [0.2, 0.25) is 0 Å². The first-order valence-corrected chi connectivity index (χ1v) is 4.96. The molecule has 0 spiro atoms. The molecule has 0 aromatic heterocycles. The van der Waals surface area contributed by atoms with Crippen LogP contribution in [0.3, 0.4) is 0 Å². The average molecular weight is 202 g/mol. The van der Waals surface area contributed by atoms with Crippen molar-refractivity contribution in [2.45, 2.75) is 11.7 Å². The summed E-state index contributed by atoms with van der Waals surface area (Å²) >= 11 is 0. The van der Waals surface area contributed by atoms with E-state index >= 15 is 0 Å². The first-order chi connectivity index (χ1) is 7.26. The Labute approximate surface area is 89.5 Å². The largest absolute Gasteiger partial charge is 0.379 e. The predicted octanol–water partition coefficient (Wildman–Crippen LogP) is 2.23. The van der Waals surface area contributed by atoms with Crippen LogP contribution in [0, 0.1) is 0 Å². The summed E-state index contributed by atoms with van der Waals surface area (Å²) < 4.78 is 5.56. The number of hydrogen-bond acceptors (Lipinski definition) is 2. The van der Waals surface area contributed by atoms with Gasteiger partial charge in [-0.05, 0) is 11.6 Å². The summed E-state index contributed by atoms with van der Waals surface area (Å²) in [4.78, 5) is 0. The normalized spacial score (nSPS) is 30.1. The Morgan fingerprint density at radius 1 is 1.40 bits per heavy atom. The molecule has 0 amide bonds. The lowest BCUT2D eigenvalue weighted by molar-refractivity contribution is -0.0590. The van der Waals surface area contributed by atoms with Crippen molar-refractivity contribution in [2.24, 2.45) is 0 Å². The van der Waals surface area contributed by atoms with Crippen molar-refractivity contribution >= 4 is 0 Å². The highest BCUT2D eigenvalue weighted by atomic mass is 16.5. The molecule has 0 radical (unpaired) electrons. The van der Waals surface area contributed by atoms with E-state index in [4.69, 9.17) is 4.74 Å². The molecule has 1 aromatic rings. The quantitative estimate of drug-likeness (QED) is 0.745. The van der Waals surface area contributed by atoms with E-state index in [0.717, 1.165) is 5.56 Å². The third kappa shape index (κ3) is 1.87. The van der Waals surface area contributed by atoms with Crippen molar-refractivity contribution in [1.82, 2.24) is 0 Å². The second-order valence-corrected chi connectivity index (χ2v) is 3.62. The summed E-state index contributed by atoms with van der Waals surface area (Å²) in [7, 11) is 0. The van der Waals surface area contributed by atoms with E-state index in [1.165, 1.54) is 6.08 Å². The van der Waals surface area contributed by atoms with Crippen molar-refractivity contribution in [1.29, 1.82) is 0 Å². The van der Waals surface area contributed by atoms with Gasteiger partial charge < -0.3 is 9.84 Å². The van der Waals surface area contributed by atoms with E-state index in [1.807, 2.05) is 30.3 Å². The second-order valence-electron chi connectivity index (χ2n) is 3.62. The lowest BCUT2D eigenvalue weighted by Gasteiger charge is -2.33. The van der Waals surface area contributed by atoms with Crippen LogP contribution in [0.2, 0.25) is 0 Å². The van der Waals surface area contributed by atoms with E-state index in [1.54, 1.807) is 12.2 Å². The van der Waals surface area contributed by atoms with Crippen LogP contribution in [-0.4, -0.2) is 17.3 Å². The van der Waals surface area contributed by atoms with Crippen LogP contribution in [0.4, 0.5) is 0 Å². The summed E-state index contributed by atoms with van der Waals surface area (Å²) in [6.07, 6.45) is 4.70. The van der Waals surface area contributed by atoms with E-state index in [9.17, 15) is 5.11 Å². The van der Waals surface area contributed by atoms with Gasteiger partial charge in [-0.3, -0.25) is 0 Å². The topological polar surface area (TPSA) is 29.5 Å². The summed E-state index contributed by atoms with van der Waals surface area (Å²) in [5, 5.41) is 10.3. The molecule has 1 N–H and O–H groups in total. The number of hydrogen-bond donors (Lipinski definition) is 1.